The molecular weight excluding hydrogens is 226 g/mol. The second-order valence-corrected chi connectivity index (χ2v) is 4.79. The summed E-state index contributed by atoms with van der Waals surface area (Å²) in [4.78, 5) is 0. The highest BCUT2D eigenvalue weighted by molar-refractivity contribution is 5.39. The molecule has 1 fully saturated rings. The fraction of sp³-hybridized carbons (Fsp3) is 0.600. The number of hydrogen-bond donors (Lipinski definition) is 1. The lowest BCUT2D eigenvalue weighted by atomic mass is 10.2. The molecule has 1 aliphatic rings. The Balaban J connectivity index is 1.53. The van der Waals surface area contributed by atoms with E-state index >= 15 is 0 Å². The Morgan fingerprint density at radius 2 is 1.89 bits per heavy atom. The summed E-state index contributed by atoms with van der Waals surface area (Å²) in [6.07, 6.45) is 6.30. The van der Waals surface area contributed by atoms with E-state index in [9.17, 15) is 0 Å². The summed E-state index contributed by atoms with van der Waals surface area (Å²) >= 11 is 0. The van der Waals surface area contributed by atoms with Crippen LogP contribution >= 0.6 is 0 Å². The molecule has 0 atom stereocenters. The van der Waals surface area contributed by atoms with Crippen LogP contribution in [0.3, 0.4) is 0 Å². The highest BCUT2D eigenvalue weighted by Gasteiger charge is 2.19. The van der Waals surface area contributed by atoms with Crippen molar-refractivity contribution in [2.75, 3.05) is 20.3 Å². The first-order chi connectivity index (χ1) is 8.90. The van der Waals surface area contributed by atoms with Crippen molar-refractivity contribution >= 4 is 0 Å². The van der Waals surface area contributed by atoms with Gasteiger partial charge in [0.05, 0.1) is 13.7 Å². The van der Waals surface area contributed by atoms with Gasteiger partial charge < -0.3 is 14.8 Å². The van der Waals surface area contributed by atoms with Crippen molar-refractivity contribution in [3.63, 3.8) is 0 Å². The molecule has 2 rings (SSSR count). The van der Waals surface area contributed by atoms with Crippen molar-refractivity contribution in [1.29, 1.82) is 0 Å². The molecule has 0 aromatic heterocycles. The molecule has 100 valence electrons. The van der Waals surface area contributed by atoms with E-state index in [0.29, 0.717) is 0 Å². The molecule has 3 nitrogen and oxygen atoms in total. The highest BCUT2D eigenvalue weighted by atomic mass is 16.5. The van der Waals surface area contributed by atoms with Crippen molar-refractivity contribution < 1.29 is 9.47 Å². The molecule has 0 saturated heterocycles. The Bertz CT molecular complexity index is 350. The molecular formula is C15H23NO2. The molecule has 0 aliphatic heterocycles. The summed E-state index contributed by atoms with van der Waals surface area (Å²) in [5, 5.41) is 3.52. The quantitative estimate of drug-likeness (QED) is 0.682. The van der Waals surface area contributed by atoms with E-state index in [1.807, 2.05) is 24.3 Å². The van der Waals surface area contributed by atoms with Gasteiger partial charge in [0.1, 0.15) is 0 Å². The zero-order chi connectivity index (χ0) is 12.6. The molecule has 0 radical (unpaired) electrons. The maximum absolute atomic E-state index is 5.72. The monoisotopic (exact) mass is 249 g/mol. The molecule has 1 aliphatic carbocycles. The van der Waals surface area contributed by atoms with Gasteiger partial charge >= 0.3 is 0 Å². The van der Waals surface area contributed by atoms with Gasteiger partial charge in [0, 0.05) is 6.04 Å². The summed E-state index contributed by atoms with van der Waals surface area (Å²) in [5.74, 6) is 1.66. The largest absolute Gasteiger partial charge is 0.493 e. The first-order valence-corrected chi connectivity index (χ1v) is 6.89. The fourth-order valence-electron chi connectivity index (χ4n) is 1.92. The van der Waals surface area contributed by atoms with Crippen molar-refractivity contribution in [2.45, 2.75) is 38.1 Å². The van der Waals surface area contributed by atoms with E-state index < -0.39 is 0 Å². The van der Waals surface area contributed by atoms with Crippen LogP contribution < -0.4 is 14.8 Å². The van der Waals surface area contributed by atoms with Crippen LogP contribution in [0.15, 0.2) is 24.3 Å². The van der Waals surface area contributed by atoms with Crippen LogP contribution in [-0.4, -0.2) is 26.3 Å². The normalized spacial score (nSPS) is 14.5. The lowest BCUT2D eigenvalue weighted by Gasteiger charge is -2.10. The summed E-state index contributed by atoms with van der Waals surface area (Å²) in [6, 6.07) is 8.63. The van der Waals surface area contributed by atoms with Gasteiger partial charge in [0.15, 0.2) is 11.5 Å². The number of nitrogens with one attached hydrogen (secondary N) is 1. The van der Waals surface area contributed by atoms with E-state index in [0.717, 1.165) is 37.1 Å². The Morgan fingerprint density at radius 3 is 2.61 bits per heavy atom. The predicted molar refractivity (Wildman–Crippen MR) is 73.4 cm³/mol. The Labute approximate surface area is 109 Å². The van der Waals surface area contributed by atoms with Crippen molar-refractivity contribution in [3.8, 4) is 11.5 Å². The minimum atomic E-state index is 0.768. The number of unbranched alkanes of at least 4 members (excludes halogenated alkanes) is 2. The van der Waals surface area contributed by atoms with Crippen LogP contribution in [0.5, 0.6) is 11.5 Å². The molecule has 0 spiro atoms. The number of hydrogen-bond acceptors (Lipinski definition) is 3. The SMILES string of the molecule is COc1ccccc1OCCCCCNC1CC1. The number of ether oxygens (including phenoxy) is 2. The zero-order valence-electron chi connectivity index (χ0n) is 11.2. The Kier molecular flexibility index (Phi) is 5.34. The first-order valence-electron chi connectivity index (χ1n) is 6.89. The van der Waals surface area contributed by atoms with Crippen LogP contribution in [-0.2, 0) is 0 Å². The van der Waals surface area contributed by atoms with Gasteiger partial charge in [-0.25, -0.2) is 0 Å². The molecule has 1 aromatic carbocycles. The average Bonchev–Trinajstić information content (AvgIpc) is 3.22. The van der Waals surface area contributed by atoms with Crippen LogP contribution in [0.4, 0.5) is 0 Å². The lowest BCUT2D eigenvalue weighted by Crippen LogP contribution is -2.17. The third-order valence-electron chi connectivity index (χ3n) is 3.16. The summed E-state index contributed by atoms with van der Waals surface area (Å²) < 4.78 is 11.0. The number of methoxy groups -OCH3 is 1. The molecule has 3 heteroatoms. The van der Waals surface area contributed by atoms with Gasteiger partial charge in [-0.2, -0.15) is 0 Å². The Hall–Kier alpha value is -1.22. The third-order valence-corrected chi connectivity index (χ3v) is 3.16. The first kappa shape index (κ1) is 13.2. The van der Waals surface area contributed by atoms with Gasteiger partial charge in [0.25, 0.3) is 0 Å². The van der Waals surface area contributed by atoms with E-state index in [1.165, 1.54) is 25.7 Å². The molecule has 0 amide bonds. The summed E-state index contributed by atoms with van der Waals surface area (Å²) in [5.41, 5.74) is 0. The van der Waals surface area contributed by atoms with E-state index in [1.54, 1.807) is 7.11 Å². The fourth-order valence-corrected chi connectivity index (χ4v) is 1.92. The van der Waals surface area contributed by atoms with E-state index in [2.05, 4.69) is 5.32 Å². The van der Waals surface area contributed by atoms with Crippen LogP contribution in [0, 0.1) is 0 Å². The second kappa shape index (κ2) is 7.27. The molecule has 1 aromatic rings. The number of rotatable bonds is 9. The van der Waals surface area contributed by atoms with Crippen molar-refractivity contribution in [2.24, 2.45) is 0 Å². The van der Waals surface area contributed by atoms with Crippen LogP contribution in [0.1, 0.15) is 32.1 Å². The smallest absolute Gasteiger partial charge is 0.161 e. The lowest BCUT2D eigenvalue weighted by molar-refractivity contribution is 0.285. The standard InChI is InChI=1S/C15H23NO2/c1-17-14-7-3-4-8-15(14)18-12-6-2-5-11-16-13-9-10-13/h3-4,7-8,13,16H,2,5-6,9-12H2,1H3. The maximum Gasteiger partial charge on any atom is 0.161 e. The summed E-state index contributed by atoms with van der Waals surface area (Å²) in [6.45, 7) is 1.92. The van der Waals surface area contributed by atoms with E-state index in [-0.39, 0.29) is 0 Å². The second-order valence-electron chi connectivity index (χ2n) is 4.79. The van der Waals surface area contributed by atoms with Crippen molar-refractivity contribution in [1.82, 2.24) is 5.32 Å². The third kappa shape index (κ3) is 4.57. The van der Waals surface area contributed by atoms with Gasteiger partial charge in [-0.3, -0.25) is 0 Å². The van der Waals surface area contributed by atoms with Crippen molar-refractivity contribution in [3.05, 3.63) is 24.3 Å². The maximum atomic E-state index is 5.72. The Morgan fingerprint density at radius 1 is 1.11 bits per heavy atom. The van der Waals surface area contributed by atoms with Gasteiger partial charge in [-0.1, -0.05) is 12.1 Å². The zero-order valence-corrected chi connectivity index (χ0v) is 11.2. The van der Waals surface area contributed by atoms with E-state index in [4.69, 9.17) is 9.47 Å². The van der Waals surface area contributed by atoms with Gasteiger partial charge in [-0.05, 0) is 50.8 Å². The molecule has 0 heterocycles. The predicted octanol–water partition coefficient (Wildman–Crippen LogP) is 3.00. The molecule has 0 bridgehead atoms. The van der Waals surface area contributed by atoms with Gasteiger partial charge in [0.2, 0.25) is 0 Å². The number of para-hydroxylation sites is 2. The minimum absolute atomic E-state index is 0.768. The molecule has 1 N–H and O–H groups in total. The number of benzene rings is 1. The molecule has 0 unspecified atom stereocenters. The average molecular weight is 249 g/mol. The topological polar surface area (TPSA) is 30.5 Å². The van der Waals surface area contributed by atoms with Gasteiger partial charge in [-0.15, -0.1) is 0 Å². The molecule has 1 saturated carbocycles. The van der Waals surface area contributed by atoms with Crippen LogP contribution in [0.2, 0.25) is 0 Å². The summed E-state index contributed by atoms with van der Waals surface area (Å²) in [7, 11) is 1.67. The highest BCUT2D eigenvalue weighted by Crippen LogP contribution is 2.25. The van der Waals surface area contributed by atoms with Crippen LogP contribution in [0.25, 0.3) is 0 Å². The molecule has 18 heavy (non-hydrogen) atoms. The minimum Gasteiger partial charge on any atom is -0.493 e.